The number of hydrogen-bond donors (Lipinski definition) is 0. The zero-order valence-corrected chi connectivity index (χ0v) is 27.2. The highest BCUT2D eigenvalue weighted by atomic mass is 16.5. The van der Waals surface area contributed by atoms with Gasteiger partial charge in [-0.05, 0) is 99.7 Å². The molecule has 0 bridgehead atoms. The van der Waals surface area contributed by atoms with Crippen LogP contribution in [0.25, 0.3) is 0 Å². The molecule has 6 rings (SSSR count). The minimum Gasteiger partial charge on any atom is -0.456 e. The number of likely N-dealkylation sites (N-methyl/N-ethyl adjacent to an activating group) is 2. The first-order valence-corrected chi connectivity index (χ1v) is 17.4. The summed E-state index contributed by atoms with van der Waals surface area (Å²) in [5.74, 6) is 2.52. The summed E-state index contributed by atoms with van der Waals surface area (Å²) in [4.78, 5) is 24.8. The van der Waals surface area contributed by atoms with Gasteiger partial charge in [0.2, 0.25) is 0 Å². The first kappa shape index (κ1) is 29.9. The zero-order chi connectivity index (χ0) is 29.2. The predicted octanol–water partition coefficient (Wildman–Crippen LogP) is 6.11. The molecule has 41 heavy (non-hydrogen) atoms. The molecule has 4 saturated carbocycles. The van der Waals surface area contributed by atoms with Crippen LogP contribution in [0.4, 0.5) is 0 Å². The van der Waals surface area contributed by atoms with Crippen LogP contribution in [-0.4, -0.2) is 85.5 Å². The second-order valence-electron chi connectivity index (χ2n) is 16.7. The average Bonchev–Trinajstić information content (AvgIpc) is 3.21. The maximum atomic E-state index is 12.5. The standard InChI is InChI=1S/C35H60N2O4/c1-24(38)40-32-21-26-13-14-27-28(35(26,4)23-31(32)37(6)19-11-8-12-20-37)15-16-34(3)29(27)22-30(33(34)41-25(2)39)36(5)17-9-7-10-18-36/h26-33H,7-23H2,1-6H3/q+2/t26-,27+,28-,29+,30+,31-,32-,33+,34-,35-/m0/s1. The van der Waals surface area contributed by atoms with Gasteiger partial charge in [-0.25, -0.2) is 0 Å². The Morgan fingerprint density at radius 3 is 1.85 bits per heavy atom. The Bertz CT molecular complexity index is 1000. The second-order valence-corrected chi connectivity index (χ2v) is 16.7. The Hall–Kier alpha value is -1.14. The third-order valence-electron chi connectivity index (χ3n) is 14.5. The van der Waals surface area contributed by atoms with Crippen molar-refractivity contribution >= 4 is 11.9 Å². The van der Waals surface area contributed by atoms with Gasteiger partial charge in [-0.2, -0.15) is 0 Å². The molecule has 0 aromatic rings. The zero-order valence-electron chi connectivity index (χ0n) is 27.2. The molecule has 2 saturated heterocycles. The van der Waals surface area contributed by atoms with Crippen LogP contribution in [0, 0.1) is 34.5 Å². The van der Waals surface area contributed by atoms with E-state index in [0.29, 0.717) is 35.3 Å². The predicted molar refractivity (Wildman–Crippen MR) is 161 cm³/mol. The number of likely N-dealkylation sites (tertiary alicyclic amines) is 2. The molecule has 0 unspecified atom stereocenters. The van der Waals surface area contributed by atoms with Crippen molar-refractivity contribution in [1.29, 1.82) is 0 Å². The lowest BCUT2D eigenvalue weighted by molar-refractivity contribution is -0.943. The molecule has 0 aromatic carbocycles. The van der Waals surface area contributed by atoms with E-state index in [9.17, 15) is 9.59 Å². The first-order chi connectivity index (χ1) is 19.4. The smallest absolute Gasteiger partial charge is 0.303 e. The summed E-state index contributed by atoms with van der Waals surface area (Å²) in [7, 11) is 4.94. The van der Waals surface area contributed by atoms with E-state index < -0.39 is 0 Å². The van der Waals surface area contributed by atoms with Crippen molar-refractivity contribution in [2.24, 2.45) is 34.5 Å². The molecule has 6 fully saturated rings. The van der Waals surface area contributed by atoms with Crippen molar-refractivity contribution in [3.05, 3.63) is 0 Å². The summed E-state index contributed by atoms with van der Waals surface area (Å²) < 4.78 is 14.7. The Labute approximate surface area is 250 Å². The Morgan fingerprint density at radius 2 is 1.27 bits per heavy atom. The summed E-state index contributed by atoms with van der Waals surface area (Å²) >= 11 is 0. The van der Waals surface area contributed by atoms with Crippen LogP contribution >= 0.6 is 0 Å². The average molecular weight is 573 g/mol. The van der Waals surface area contributed by atoms with Gasteiger partial charge in [0.05, 0.1) is 40.3 Å². The summed E-state index contributed by atoms with van der Waals surface area (Å²) in [6, 6.07) is 0.846. The van der Waals surface area contributed by atoms with E-state index in [1.807, 2.05) is 0 Å². The molecule has 0 spiro atoms. The molecule has 0 N–H and O–H groups in total. The number of fused-ring (bicyclic) bond motifs is 5. The number of carbonyl (C=O) groups is 2. The van der Waals surface area contributed by atoms with E-state index in [0.717, 1.165) is 21.3 Å². The molecule has 2 aliphatic heterocycles. The molecular weight excluding hydrogens is 512 g/mol. The van der Waals surface area contributed by atoms with Gasteiger partial charge >= 0.3 is 11.9 Å². The van der Waals surface area contributed by atoms with E-state index in [1.165, 1.54) is 103 Å². The van der Waals surface area contributed by atoms with Gasteiger partial charge in [0.1, 0.15) is 12.1 Å². The fourth-order valence-corrected chi connectivity index (χ4v) is 12.3. The summed E-state index contributed by atoms with van der Waals surface area (Å²) in [6.07, 6.45) is 16.4. The van der Waals surface area contributed by atoms with Crippen LogP contribution in [0.2, 0.25) is 0 Å². The van der Waals surface area contributed by atoms with Crippen LogP contribution in [-0.2, 0) is 19.1 Å². The molecule has 6 aliphatic rings. The van der Waals surface area contributed by atoms with Gasteiger partial charge in [-0.1, -0.05) is 13.8 Å². The minimum atomic E-state index is -0.0998. The molecule has 4 aliphatic carbocycles. The van der Waals surface area contributed by atoms with Crippen molar-refractivity contribution in [2.45, 2.75) is 135 Å². The van der Waals surface area contributed by atoms with E-state index in [1.54, 1.807) is 13.8 Å². The second kappa shape index (κ2) is 10.8. The molecule has 232 valence electrons. The molecule has 6 nitrogen and oxygen atoms in total. The fraction of sp³-hybridized carbons (Fsp3) is 0.943. The number of piperidine rings is 2. The van der Waals surface area contributed by atoms with Crippen LogP contribution in [0.3, 0.4) is 0 Å². The van der Waals surface area contributed by atoms with Crippen molar-refractivity contribution < 1.29 is 28.0 Å². The fourth-order valence-electron chi connectivity index (χ4n) is 12.3. The van der Waals surface area contributed by atoms with Gasteiger partial charge in [-0.3, -0.25) is 9.59 Å². The SMILES string of the molecule is CC(=O)O[C@H]1C[C@@H]2CC[C@H]3[C@H]4C[C@@H]([N+]5(C)CCCCC5)[C@@H](OC(C)=O)[C@@]4(C)CC[C@@H]3[C@@]2(C)C[C@@H]1[N+]1(C)CCCCC1. The van der Waals surface area contributed by atoms with Gasteiger partial charge in [0.25, 0.3) is 0 Å². The highest BCUT2D eigenvalue weighted by Gasteiger charge is 2.68. The maximum Gasteiger partial charge on any atom is 0.303 e. The van der Waals surface area contributed by atoms with Gasteiger partial charge in [0, 0.05) is 32.1 Å². The summed E-state index contributed by atoms with van der Waals surface area (Å²) in [5.41, 5.74) is 0.377. The number of nitrogens with zero attached hydrogens (tertiary/aromatic N) is 2. The lowest BCUT2D eigenvalue weighted by Crippen LogP contribution is -2.66. The minimum absolute atomic E-state index is 0.0462. The van der Waals surface area contributed by atoms with Crippen molar-refractivity contribution in [3.63, 3.8) is 0 Å². The normalized spacial score (nSPS) is 46.9. The van der Waals surface area contributed by atoms with Gasteiger partial charge < -0.3 is 18.4 Å². The van der Waals surface area contributed by atoms with Crippen molar-refractivity contribution in [3.8, 4) is 0 Å². The van der Waals surface area contributed by atoms with Crippen molar-refractivity contribution in [2.75, 3.05) is 40.3 Å². The maximum absolute atomic E-state index is 12.5. The number of rotatable bonds is 4. The topological polar surface area (TPSA) is 52.6 Å². The van der Waals surface area contributed by atoms with Gasteiger partial charge in [-0.15, -0.1) is 0 Å². The molecule has 0 aromatic heterocycles. The Kier molecular flexibility index (Phi) is 7.87. The molecular formula is C35H60N2O4+2. The third kappa shape index (κ3) is 4.99. The first-order valence-electron chi connectivity index (χ1n) is 17.4. The Balaban J connectivity index is 1.31. The van der Waals surface area contributed by atoms with Crippen LogP contribution in [0.15, 0.2) is 0 Å². The number of quaternary nitrogens is 2. The molecule has 0 radical (unpaired) electrons. The largest absolute Gasteiger partial charge is 0.456 e. The van der Waals surface area contributed by atoms with E-state index >= 15 is 0 Å². The lowest BCUT2D eigenvalue weighted by Gasteiger charge is -2.63. The molecule has 10 atom stereocenters. The number of carbonyl (C=O) groups excluding carboxylic acids is 2. The highest BCUT2D eigenvalue weighted by molar-refractivity contribution is 5.66. The number of ether oxygens (including phenoxy) is 2. The number of hydrogen-bond acceptors (Lipinski definition) is 4. The molecule has 6 heteroatoms. The monoisotopic (exact) mass is 572 g/mol. The summed E-state index contributed by atoms with van der Waals surface area (Å²) in [6.45, 7) is 13.3. The quantitative estimate of drug-likeness (QED) is 0.301. The lowest BCUT2D eigenvalue weighted by atomic mass is 9.44. The van der Waals surface area contributed by atoms with E-state index in [2.05, 4.69) is 27.9 Å². The van der Waals surface area contributed by atoms with Gasteiger partial charge in [0.15, 0.2) is 12.2 Å². The molecule has 0 amide bonds. The van der Waals surface area contributed by atoms with E-state index in [-0.39, 0.29) is 29.6 Å². The third-order valence-corrected chi connectivity index (χ3v) is 14.5. The highest BCUT2D eigenvalue weighted by Crippen LogP contribution is 2.68. The van der Waals surface area contributed by atoms with Crippen LogP contribution in [0.5, 0.6) is 0 Å². The van der Waals surface area contributed by atoms with Crippen LogP contribution < -0.4 is 0 Å². The summed E-state index contributed by atoms with van der Waals surface area (Å²) in [5, 5.41) is 0. The molecule has 2 heterocycles. The Morgan fingerprint density at radius 1 is 0.683 bits per heavy atom. The van der Waals surface area contributed by atoms with Crippen molar-refractivity contribution in [1.82, 2.24) is 0 Å². The number of esters is 2. The van der Waals surface area contributed by atoms with Crippen LogP contribution in [0.1, 0.15) is 111 Å². The van der Waals surface area contributed by atoms with E-state index in [4.69, 9.17) is 9.47 Å².